The Hall–Kier alpha value is -1.97. The van der Waals surface area contributed by atoms with Crippen molar-refractivity contribution in [1.82, 2.24) is 9.55 Å². The molecule has 3 rings (SSSR count). The van der Waals surface area contributed by atoms with Crippen LogP contribution in [0.2, 0.25) is 0 Å². The van der Waals surface area contributed by atoms with Gasteiger partial charge in [0.25, 0.3) is 0 Å². The second-order valence-corrected chi connectivity index (χ2v) is 6.12. The first-order valence-electron chi connectivity index (χ1n) is 6.91. The minimum atomic E-state index is 0.0455. The molecule has 1 aromatic carbocycles. The van der Waals surface area contributed by atoms with Crippen molar-refractivity contribution in [3.63, 3.8) is 0 Å². The zero-order valence-electron chi connectivity index (χ0n) is 12.4. The summed E-state index contributed by atoms with van der Waals surface area (Å²) in [6.45, 7) is 9.75. The third-order valence-corrected chi connectivity index (χ3v) is 3.45. The number of hydrogen-bond donors (Lipinski definition) is 0. The highest BCUT2D eigenvalue weighted by Gasteiger charge is 2.20. The summed E-state index contributed by atoms with van der Waals surface area (Å²) in [5.41, 5.74) is 2.18. The maximum absolute atomic E-state index is 5.64. The fourth-order valence-corrected chi connectivity index (χ4v) is 2.28. The van der Waals surface area contributed by atoms with Crippen molar-refractivity contribution < 1.29 is 9.47 Å². The number of ether oxygens (including phenoxy) is 2. The number of fused-ring (bicyclic) bond motifs is 1. The maximum atomic E-state index is 5.64. The number of aryl methyl sites for hydroxylation is 1. The molecule has 0 unspecified atom stereocenters. The van der Waals surface area contributed by atoms with Gasteiger partial charge in [-0.3, -0.25) is 0 Å². The summed E-state index contributed by atoms with van der Waals surface area (Å²) in [6.07, 6.45) is 2.10. The van der Waals surface area contributed by atoms with Gasteiger partial charge >= 0.3 is 0 Å². The number of aromatic nitrogens is 2. The highest BCUT2D eigenvalue weighted by molar-refractivity contribution is 5.50. The summed E-state index contributed by atoms with van der Waals surface area (Å²) >= 11 is 0. The van der Waals surface area contributed by atoms with Gasteiger partial charge in [0.2, 0.25) is 0 Å². The van der Waals surface area contributed by atoms with Crippen LogP contribution >= 0.6 is 0 Å². The number of rotatable bonds is 1. The molecule has 1 aromatic heterocycles. The minimum Gasteiger partial charge on any atom is -0.486 e. The topological polar surface area (TPSA) is 36.3 Å². The molecule has 2 heterocycles. The molecule has 4 nitrogen and oxygen atoms in total. The lowest BCUT2D eigenvalue weighted by atomic mass is 9.93. The SMILES string of the molecule is Cc1nc(C(C)(C)C)cn1-c1ccc2c(c1)OCCO2. The molecule has 1 aliphatic heterocycles. The Morgan fingerprint density at radius 3 is 2.45 bits per heavy atom. The lowest BCUT2D eigenvalue weighted by Gasteiger charge is -2.19. The standard InChI is InChI=1S/C16H20N2O2/c1-11-17-15(16(2,3)4)10-18(11)12-5-6-13-14(9-12)20-8-7-19-13/h5-6,9-10H,7-8H2,1-4H3. The van der Waals surface area contributed by atoms with Crippen molar-refractivity contribution in [2.75, 3.05) is 13.2 Å². The van der Waals surface area contributed by atoms with Gasteiger partial charge in [-0.05, 0) is 19.1 Å². The number of imidazole rings is 1. The molecule has 0 saturated heterocycles. The predicted molar refractivity (Wildman–Crippen MR) is 78.0 cm³/mol. The van der Waals surface area contributed by atoms with E-state index in [1.807, 2.05) is 25.1 Å². The lowest BCUT2D eigenvalue weighted by Crippen LogP contribution is -2.15. The van der Waals surface area contributed by atoms with Gasteiger partial charge in [0.1, 0.15) is 19.0 Å². The van der Waals surface area contributed by atoms with Gasteiger partial charge in [-0.15, -0.1) is 0 Å². The summed E-state index contributed by atoms with van der Waals surface area (Å²) in [4.78, 5) is 4.66. The quantitative estimate of drug-likeness (QED) is 0.799. The Balaban J connectivity index is 2.03. The molecule has 0 amide bonds. The Kier molecular flexibility index (Phi) is 2.96. The summed E-state index contributed by atoms with van der Waals surface area (Å²) in [5, 5.41) is 0. The molecular weight excluding hydrogens is 252 g/mol. The van der Waals surface area contributed by atoms with Gasteiger partial charge in [0.15, 0.2) is 11.5 Å². The van der Waals surface area contributed by atoms with Gasteiger partial charge in [-0.25, -0.2) is 4.98 Å². The van der Waals surface area contributed by atoms with E-state index in [1.165, 1.54) is 0 Å². The molecule has 20 heavy (non-hydrogen) atoms. The number of benzene rings is 1. The molecule has 0 fully saturated rings. The van der Waals surface area contributed by atoms with E-state index in [-0.39, 0.29) is 5.41 Å². The molecule has 0 N–H and O–H groups in total. The molecule has 4 heteroatoms. The first-order chi connectivity index (χ1) is 9.45. The smallest absolute Gasteiger partial charge is 0.163 e. The molecule has 0 atom stereocenters. The van der Waals surface area contributed by atoms with Crippen molar-refractivity contribution in [3.05, 3.63) is 35.9 Å². The van der Waals surface area contributed by atoms with Crippen LogP contribution in [0.5, 0.6) is 11.5 Å². The van der Waals surface area contributed by atoms with E-state index in [1.54, 1.807) is 0 Å². The predicted octanol–water partition coefficient (Wildman–Crippen LogP) is 3.25. The highest BCUT2D eigenvalue weighted by atomic mass is 16.6. The number of nitrogens with zero attached hydrogens (tertiary/aromatic N) is 2. The maximum Gasteiger partial charge on any atom is 0.163 e. The van der Waals surface area contributed by atoms with E-state index < -0.39 is 0 Å². The fraction of sp³-hybridized carbons (Fsp3) is 0.438. The largest absolute Gasteiger partial charge is 0.486 e. The Labute approximate surface area is 119 Å². The summed E-state index contributed by atoms with van der Waals surface area (Å²) in [6, 6.07) is 6.00. The summed E-state index contributed by atoms with van der Waals surface area (Å²) in [5.74, 6) is 2.60. The third-order valence-electron chi connectivity index (χ3n) is 3.45. The van der Waals surface area contributed by atoms with Crippen LogP contribution in [0.4, 0.5) is 0 Å². The van der Waals surface area contributed by atoms with Crippen LogP contribution in [-0.4, -0.2) is 22.8 Å². The second kappa shape index (κ2) is 4.54. The molecule has 106 valence electrons. The van der Waals surface area contributed by atoms with E-state index in [4.69, 9.17) is 9.47 Å². The monoisotopic (exact) mass is 272 g/mol. The minimum absolute atomic E-state index is 0.0455. The molecule has 0 bridgehead atoms. The molecule has 2 aromatic rings. The molecule has 0 radical (unpaired) electrons. The van der Waals surface area contributed by atoms with E-state index in [9.17, 15) is 0 Å². The number of hydrogen-bond acceptors (Lipinski definition) is 3. The van der Waals surface area contributed by atoms with E-state index in [0.29, 0.717) is 13.2 Å². The molecular formula is C16H20N2O2. The molecule has 0 aliphatic carbocycles. The van der Waals surface area contributed by atoms with Gasteiger partial charge in [-0.1, -0.05) is 20.8 Å². The van der Waals surface area contributed by atoms with Gasteiger partial charge < -0.3 is 14.0 Å². The van der Waals surface area contributed by atoms with E-state index >= 15 is 0 Å². The van der Waals surface area contributed by atoms with Gasteiger partial charge in [0.05, 0.1) is 11.4 Å². The van der Waals surface area contributed by atoms with Crippen LogP contribution in [0.3, 0.4) is 0 Å². The normalized spacial score (nSPS) is 14.4. The van der Waals surface area contributed by atoms with Crippen LogP contribution in [0.15, 0.2) is 24.4 Å². The molecule has 0 saturated carbocycles. The van der Waals surface area contributed by atoms with Crippen LogP contribution < -0.4 is 9.47 Å². The summed E-state index contributed by atoms with van der Waals surface area (Å²) in [7, 11) is 0. The Morgan fingerprint density at radius 1 is 1.10 bits per heavy atom. The average molecular weight is 272 g/mol. The fourth-order valence-electron chi connectivity index (χ4n) is 2.28. The molecule has 1 aliphatic rings. The van der Waals surface area contributed by atoms with Crippen LogP contribution in [-0.2, 0) is 5.41 Å². The van der Waals surface area contributed by atoms with Crippen molar-refractivity contribution in [1.29, 1.82) is 0 Å². The zero-order valence-corrected chi connectivity index (χ0v) is 12.4. The first kappa shape index (κ1) is 13.0. The van der Waals surface area contributed by atoms with Crippen LogP contribution in [0.25, 0.3) is 5.69 Å². The first-order valence-corrected chi connectivity index (χ1v) is 6.91. The highest BCUT2D eigenvalue weighted by Crippen LogP contribution is 2.33. The van der Waals surface area contributed by atoms with Crippen molar-refractivity contribution in [3.8, 4) is 17.2 Å². The third kappa shape index (κ3) is 2.26. The van der Waals surface area contributed by atoms with Crippen molar-refractivity contribution in [2.24, 2.45) is 0 Å². The van der Waals surface area contributed by atoms with E-state index in [2.05, 4.69) is 36.5 Å². The lowest BCUT2D eigenvalue weighted by molar-refractivity contribution is 0.171. The van der Waals surface area contributed by atoms with Crippen molar-refractivity contribution in [2.45, 2.75) is 33.1 Å². The van der Waals surface area contributed by atoms with Crippen LogP contribution in [0, 0.1) is 6.92 Å². The zero-order chi connectivity index (χ0) is 14.3. The average Bonchev–Trinajstić information content (AvgIpc) is 2.80. The Morgan fingerprint density at radius 2 is 1.80 bits per heavy atom. The van der Waals surface area contributed by atoms with Gasteiger partial charge in [-0.2, -0.15) is 0 Å². The second-order valence-electron chi connectivity index (χ2n) is 6.12. The molecule has 0 spiro atoms. The Bertz CT molecular complexity index is 638. The van der Waals surface area contributed by atoms with E-state index in [0.717, 1.165) is 28.7 Å². The van der Waals surface area contributed by atoms with Crippen LogP contribution in [0.1, 0.15) is 32.3 Å². The summed E-state index contributed by atoms with van der Waals surface area (Å²) < 4.78 is 13.3. The van der Waals surface area contributed by atoms with Gasteiger partial charge in [0, 0.05) is 17.7 Å². The van der Waals surface area contributed by atoms with Crippen molar-refractivity contribution >= 4 is 0 Å².